The van der Waals surface area contributed by atoms with Crippen molar-refractivity contribution in [3.8, 4) is 0 Å². The maximum absolute atomic E-state index is 12.5. The summed E-state index contributed by atoms with van der Waals surface area (Å²) >= 11 is 0. The Hall–Kier alpha value is -1.66. The average Bonchev–Trinajstić information content (AvgIpc) is 3.34. The molecule has 6 nitrogen and oxygen atoms in total. The minimum absolute atomic E-state index is 0.00508. The quantitative estimate of drug-likeness (QED) is 0.0321. The average molecular weight is 959 g/mol. The molecule has 0 aliphatic carbocycles. The monoisotopic (exact) mass is 958 g/mol. The Kier molecular flexibility index (Phi) is 56.5. The molecule has 0 saturated heterocycles. The fraction of sp³-hybridized carbons (Fsp3) is 0.903. The molecule has 0 spiro atoms. The molecule has 402 valence electrons. The Labute approximate surface area is 424 Å². The van der Waals surface area contributed by atoms with Crippen molar-refractivity contribution in [3.63, 3.8) is 0 Å². The molecule has 0 rings (SSSR count). The van der Waals surface area contributed by atoms with Crippen LogP contribution >= 0.6 is 0 Å². The van der Waals surface area contributed by atoms with Gasteiger partial charge in [-0.1, -0.05) is 269 Å². The summed E-state index contributed by atoms with van der Waals surface area (Å²) in [5.41, 5.74) is 0. The molecule has 0 aromatic rings. The van der Waals surface area contributed by atoms with E-state index in [4.69, 9.17) is 4.74 Å². The molecule has 1 amide bonds. The number of carbonyl (C=O) groups is 2. The highest BCUT2D eigenvalue weighted by Gasteiger charge is 2.20. The molecule has 0 saturated carbocycles. The predicted molar refractivity (Wildman–Crippen MR) is 296 cm³/mol. The van der Waals surface area contributed by atoms with Crippen LogP contribution in [0, 0.1) is 0 Å². The van der Waals surface area contributed by atoms with E-state index in [1.165, 1.54) is 257 Å². The third-order valence-electron chi connectivity index (χ3n) is 14.2. The molecule has 0 aliphatic rings. The highest BCUT2D eigenvalue weighted by molar-refractivity contribution is 5.76. The standard InChI is InChI=1S/C62H119NO5/c1-3-5-7-9-11-13-15-17-32-36-40-44-48-52-56-62(67)68-57-53-49-45-41-37-33-30-28-26-24-22-20-18-19-21-23-25-27-29-31-35-39-43-47-51-55-61(66)63-59(58-64)60(65)54-50-46-42-38-34-16-14-12-10-8-6-4-2/h15,17,19,21,59-60,64-65H,3-14,16,18,20,22-58H2,1-2H3,(H,63,66)/b17-15-,21-19-. The van der Waals surface area contributed by atoms with Gasteiger partial charge in [-0.2, -0.15) is 0 Å². The van der Waals surface area contributed by atoms with Crippen molar-refractivity contribution in [3.05, 3.63) is 24.3 Å². The highest BCUT2D eigenvalue weighted by Crippen LogP contribution is 2.17. The summed E-state index contributed by atoms with van der Waals surface area (Å²) in [5, 5.41) is 23.2. The Balaban J connectivity index is 3.38. The molecule has 2 unspecified atom stereocenters. The minimum atomic E-state index is -0.665. The zero-order valence-corrected chi connectivity index (χ0v) is 45.9. The predicted octanol–water partition coefficient (Wildman–Crippen LogP) is 19.0. The number of unbranched alkanes of at least 4 members (excludes halogenated alkanes) is 42. The molecule has 0 bridgehead atoms. The number of aliphatic hydroxyl groups is 2. The van der Waals surface area contributed by atoms with Crippen LogP contribution in [-0.4, -0.2) is 47.4 Å². The van der Waals surface area contributed by atoms with E-state index in [-0.39, 0.29) is 18.5 Å². The molecular weight excluding hydrogens is 839 g/mol. The molecule has 0 aromatic heterocycles. The van der Waals surface area contributed by atoms with Crippen molar-refractivity contribution in [1.82, 2.24) is 5.32 Å². The lowest BCUT2D eigenvalue weighted by atomic mass is 10.0. The molecule has 0 radical (unpaired) electrons. The van der Waals surface area contributed by atoms with Gasteiger partial charge in [0.15, 0.2) is 0 Å². The number of nitrogens with one attached hydrogen (secondary N) is 1. The van der Waals surface area contributed by atoms with E-state index < -0.39 is 12.1 Å². The molecule has 0 aromatic carbocycles. The summed E-state index contributed by atoms with van der Waals surface area (Å²) in [6, 6.07) is -0.542. The fourth-order valence-electron chi connectivity index (χ4n) is 9.51. The van der Waals surface area contributed by atoms with Gasteiger partial charge in [0.2, 0.25) is 5.91 Å². The first-order valence-corrected chi connectivity index (χ1v) is 30.6. The van der Waals surface area contributed by atoms with Crippen molar-refractivity contribution in [2.75, 3.05) is 13.2 Å². The topological polar surface area (TPSA) is 95.9 Å². The Morgan fingerprint density at radius 3 is 1.04 bits per heavy atom. The number of esters is 1. The zero-order chi connectivity index (χ0) is 49.3. The van der Waals surface area contributed by atoms with Crippen molar-refractivity contribution < 1.29 is 24.5 Å². The van der Waals surface area contributed by atoms with Crippen molar-refractivity contribution in [2.45, 2.75) is 347 Å². The van der Waals surface area contributed by atoms with Gasteiger partial charge in [0.25, 0.3) is 0 Å². The van der Waals surface area contributed by atoms with Crippen molar-refractivity contribution in [2.24, 2.45) is 0 Å². The normalized spacial score (nSPS) is 12.7. The number of rotatable bonds is 57. The van der Waals surface area contributed by atoms with Crippen LogP contribution in [-0.2, 0) is 14.3 Å². The Bertz CT molecular complexity index is 1060. The summed E-state index contributed by atoms with van der Waals surface area (Å²) in [5.74, 6) is -0.0326. The minimum Gasteiger partial charge on any atom is -0.466 e. The van der Waals surface area contributed by atoms with E-state index >= 15 is 0 Å². The smallest absolute Gasteiger partial charge is 0.305 e. The molecular formula is C62H119NO5. The third kappa shape index (κ3) is 53.7. The van der Waals surface area contributed by atoms with Gasteiger partial charge in [-0.3, -0.25) is 9.59 Å². The van der Waals surface area contributed by atoms with Gasteiger partial charge < -0.3 is 20.3 Å². The first-order chi connectivity index (χ1) is 33.5. The lowest BCUT2D eigenvalue weighted by molar-refractivity contribution is -0.143. The molecule has 0 heterocycles. The van der Waals surface area contributed by atoms with E-state index in [0.29, 0.717) is 25.9 Å². The van der Waals surface area contributed by atoms with Crippen LogP contribution in [0.25, 0.3) is 0 Å². The highest BCUT2D eigenvalue weighted by atomic mass is 16.5. The van der Waals surface area contributed by atoms with Crippen molar-refractivity contribution in [1.29, 1.82) is 0 Å². The van der Waals surface area contributed by atoms with Crippen LogP contribution < -0.4 is 5.32 Å². The molecule has 3 N–H and O–H groups in total. The fourth-order valence-corrected chi connectivity index (χ4v) is 9.51. The zero-order valence-electron chi connectivity index (χ0n) is 45.9. The summed E-state index contributed by atoms with van der Waals surface area (Å²) in [6.07, 6.45) is 70.5. The third-order valence-corrected chi connectivity index (χ3v) is 14.2. The largest absolute Gasteiger partial charge is 0.466 e. The van der Waals surface area contributed by atoms with Crippen LogP contribution in [0.2, 0.25) is 0 Å². The maximum Gasteiger partial charge on any atom is 0.305 e. The molecule has 6 heteroatoms. The first kappa shape index (κ1) is 66.3. The van der Waals surface area contributed by atoms with Crippen molar-refractivity contribution >= 4 is 11.9 Å². The van der Waals surface area contributed by atoms with Gasteiger partial charge >= 0.3 is 5.97 Å². The van der Waals surface area contributed by atoms with Crippen LogP contribution in [0.3, 0.4) is 0 Å². The SMILES string of the molecule is CCCCCCC/C=C\CCCCCCCC(=O)OCCCCCCCCCCCCCC/C=C\CCCCCCCCCCCC(=O)NC(CO)C(O)CCCCCCCCCCCCCC. The first-order valence-electron chi connectivity index (χ1n) is 30.6. The van der Waals surface area contributed by atoms with Gasteiger partial charge in [-0.25, -0.2) is 0 Å². The number of allylic oxidation sites excluding steroid dienone is 4. The van der Waals surface area contributed by atoms with Gasteiger partial charge in [0.05, 0.1) is 25.4 Å². The molecule has 0 aliphatic heterocycles. The van der Waals surface area contributed by atoms with Crippen LogP contribution in [0.4, 0.5) is 0 Å². The number of aliphatic hydroxyl groups excluding tert-OH is 2. The lowest BCUT2D eigenvalue weighted by Gasteiger charge is -2.22. The summed E-state index contributed by atoms with van der Waals surface area (Å²) in [7, 11) is 0. The van der Waals surface area contributed by atoms with E-state index in [2.05, 4.69) is 43.5 Å². The number of ether oxygens (including phenoxy) is 1. The second-order valence-corrected chi connectivity index (χ2v) is 21.0. The Morgan fingerprint density at radius 1 is 0.397 bits per heavy atom. The number of amides is 1. The summed E-state index contributed by atoms with van der Waals surface area (Å²) in [6.45, 7) is 4.95. The van der Waals surface area contributed by atoms with Crippen LogP contribution in [0.15, 0.2) is 24.3 Å². The van der Waals surface area contributed by atoms with Crippen LogP contribution in [0.5, 0.6) is 0 Å². The second kappa shape index (κ2) is 57.9. The molecule has 2 atom stereocenters. The number of carbonyl (C=O) groups excluding carboxylic acids is 2. The lowest BCUT2D eigenvalue weighted by Crippen LogP contribution is -2.45. The second-order valence-electron chi connectivity index (χ2n) is 21.0. The van der Waals surface area contributed by atoms with E-state index in [0.717, 1.165) is 44.9 Å². The number of hydrogen-bond donors (Lipinski definition) is 3. The Morgan fingerprint density at radius 2 is 0.691 bits per heavy atom. The maximum atomic E-state index is 12.5. The summed E-state index contributed by atoms with van der Waals surface area (Å²) < 4.78 is 5.48. The van der Waals surface area contributed by atoms with E-state index in [9.17, 15) is 19.8 Å². The van der Waals surface area contributed by atoms with E-state index in [1.807, 2.05) is 0 Å². The molecule has 68 heavy (non-hydrogen) atoms. The molecule has 0 fully saturated rings. The summed E-state index contributed by atoms with van der Waals surface area (Å²) in [4.78, 5) is 24.5. The van der Waals surface area contributed by atoms with Gasteiger partial charge in [0.1, 0.15) is 0 Å². The van der Waals surface area contributed by atoms with Gasteiger partial charge in [-0.05, 0) is 77.0 Å². The number of hydrogen-bond acceptors (Lipinski definition) is 5. The van der Waals surface area contributed by atoms with Gasteiger partial charge in [0, 0.05) is 12.8 Å². The van der Waals surface area contributed by atoms with Crippen LogP contribution in [0.1, 0.15) is 335 Å². The van der Waals surface area contributed by atoms with E-state index in [1.54, 1.807) is 0 Å². The van der Waals surface area contributed by atoms with Gasteiger partial charge in [-0.15, -0.1) is 0 Å².